The molecule has 4 aliphatic heterocycles. The molecule has 13 nitrogen and oxygen atoms in total. The summed E-state index contributed by atoms with van der Waals surface area (Å²) in [5.41, 5.74) is 0.606. The van der Waals surface area contributed by atoms with Crippen molar-refractivity contribution in [1.82, 2.24) is 30.1 Å². The van der Waals surface area contributed by atoms with E-state index < -0.39 is 53.5 Å². The fraction of sp³-hybridized carbons (Fsp3) is 0.412. The van der Waals surface area contributed by atoms with Crippen molar-refractivity contribution < 1.29 is 33.8 Å². The van der Waals surface area contributed by atoms with Crippen LogP contribution >= 0.6 is 15.9 Å². The van der Waals surface area contributed by atoms with Crippen LogP contribution in [-0.4, -0.2) is 97.6 Å². The molecule has 48 heavy (non-hydrogen) atoms. The Morgan fingerprint density at radius 1 is 1.02 bits per heavy atom. The van der Waals surface area contributed by atoms with Crippen molar-refractivity contribution in [2.75, 3.05) is 26.2 Å². The molecule has 4 aliphatic rings. The Morgan fingerprint density at radius 2 is 1.81 bits per heavy atom. The summed E-state index contributed by atoms with van der Waals surface area (Å²) >= 11 is 3.57. The first kappa shape index (κ1) is 32.2. The number of aliphatic hydroxyl groups is 1. The zero-order chi connectivity index (χ0) is 33.4. The molecule has 6 atom stereocenters. The summed E-state index contributed by atoms with van der Waals surface area (Å²) in [7, 11) is 0. The van der Waals surface area contributed by atoms with E-state index in [1.807, 2.05) is 66.7 Å². The first-order valence-corrected chi connectivity index (χ1v) is 16.8. The number of ether oxygens (including phenoxy) is 2. The Labute approximate surface area is 284 Å². The fourth-order valence-electron chi connectivity index (χ4n) is 7.26. The van der Waals surface area contributed by atoms with Crippen LogP contribution in [-0.2, 0) is 35.3 Å². The molecule has 0 aliphatic carbocycles. The molecule has 3 amide bonds. The van der Waals surface area contributed by atoms with Gasteiger partial charge in [-0.1, -0.05) is 75.8 Å². The molecule has 5 bridgehead atoms. The largest absolute Gasteiger partial charge is 0.455 e. The maximum Gasteiger partial charge on any atom is 0.313 e. The van der Waals surface area contributed by atoms with E-state index in [1.54, 1.807) is 15.7 Å². The van der Waals surface area contributed by atoms with Gasteiger partial charge in [-0.05, 0) is 36.6 Å². The van der Waals surface area contributed by atoms with Crippen LogP contribution in [0.4, 0.5) is 0 Å². The summed E-state index contributed by atoms with van der Waals surface area (Å²) in [6, 6.07) is 15.3. The van der Waals surface area contributed by atoms with Crippen LogP contribution in [0.3, 0.4) is 0 Å². The van der Waals surface area contributed by atoms with Crippen molar-refractivity contribution >= 4 is 50.7 Å². The number of para-hydroxylation sites is 1. The number of carbonyl (C=O) groups excluding carboxylic acids is 4. The fourth-order valence-corrected chi connectivity index (χ4v) is 8.00. The number of aliphatic hydroxyl groups excluding tert-OH is 1. The third kappa shape index (κ3) is 5.61. The van der Waals surface area contributed by atoms with Gasteiger partial charge < -0.3 is 29.7 Å². The average molecular weight is 720 g/mol. The number of hydrogen-bond donors (Lipinski definition) is 2. The van der Waals surface area contributed by atoms with Crippen molar-refractivity contribution in [3.8, 4) is 0 Å². The third-order valence-corrected chi connectivity index (χ3v) is 10.2. The Kier molecular flexibility index (Phi) is 8.88. The quantitative estimate of drug-likeness (QED) is 0.288. The normalized spacial score (nSPS) is 30.0. The summed E-state index contributed by atoms with van der Waals surface area (Å²) < 4.78 is 14.8. The van der Waals surface area contributed by atoms with E-state index in [2.05, 4.69) is 31.6 Å². The number of allylic oxidation sites excluding steroid dienone is 1. The van der Waals surface area contributed by atoms with Gasteiger partial charge in [0.25, 0.3) is 5.91 Å². The number of aromatic nitrogens is 3. The maximum absolute atomic E-state index is 14.8. The summed E-state index contributed by atoms with van der Waals surface area (Å²) in [4.78, 5) is 59.2. The molecule has 3 aromatic rings. The molecular weight excluding hydrogens is 684 g/mol. The number of cyclic esters (lactones) is 1. The number of amides is 3. The second kappa shape index (κ2) is 13.2. The van der Waals surface area contributed by atoms with Crippen LogP contribution in [0, 0.1) is 11.8 Å². The van der Waals surface area contributed by atoms with Crippen LogP contribution in [0.1, 0.15) is 30.9 Å². The minimum absolute atomic E-state index is 0.0159. The van der Waals surface area contributed by atoms with E-state index in [0.717, 1.165) is 5.52 Å². The minimum Gasteiger partial charge on any atom is -0.455 e. The van der Waals surface area contributed by atoms with Gasteiger partial charge in [0.05, 0.1) is 18.0 Å². The van der Waals surface area contributed by atoms with E-state index >= 15 is 0 Å². The standard InChI is InChI=1S/C34H35BrN6O7/c35-22-18-34-28-27(29(22)48-34)33(46)47-25(21-10-3-1-4-11-21)19-36-26(43)14-5-2-8-15-39(20-41-24-13-7-6-12-23(24)37-38-41)32(45)30(34)40(31(28)44)16-9-17-42/h1-4,6-8,10-13,18,25,27-30,42H,5,9,14-17,19-20H2,(H,36,43)/b8-2-/t25-,27-,28+,29-,30-,34+/m1/s1. The predicted octanol–water partition coefficient (Wildman–Crippen LogP) is 2.22. The highest BCUT2D eigenvalue weighted by atomic mass is 79.9. The molecule has 7 rings (SSSR count). The topological polar surface area (TPSA) is 156 Å². The number of likely N-dealkylation sites (tertiary alicyclic amines) is 1. The zero-order valence-electron chi connectivity index (χ0n) is 26.0. The number of rotatable bonds is 6. The molecule has 2 aromatic carbocycles. The number of fused-ring (bicyclic) bond motifs is 3. The molecule has 250 valence electrons. The van der Waals surface area contributed by atoms with Crippen molar-refractivity contribution in [3.63, 3.8) is 0 Å². The molecule has 1 spiro atoms. The maximum atomic E-state index is 14.8. The first-order chi connectivity index (χ1) is 23.3. The molecule has 0 radical (unpaired) electrons. The summed E-state index contributed by atoms with van der Waals surface area (Å²) in [6.45, 7) is 0.0883. The highest BCUT2D eigenvalue weighted by molar-refractivity contribution is 9.11. The van der Waals surface area contributed by atoms with E-state index in [4.69, 9.17) is 9.47 Å². The summed E-state index contributed by atoms with van der Waals surface area (Å²) in [5.74, 6) is -3.82. The Bertz CT molecular complexity index is 1800. The molecule has 2 fully saturated rings. The number of esters is 1. The molecule has 14 heteroatoms. The molecule has 2 saturated heterocycles. The lowest BCUT2D eigenvalue weighted by Crippen LogP contribution is -2.56. The van der Waals surface area contributed by atoms with Gasteiger partial charge in [0, 0.05) is 30.6 Å². The molecule has 2 N–H and O–H groups in total. The van der Waals surface area contributed by atoms with Gasteiger partial charge in [-0.25, -0.2) is 4.68 Å². The van der Waals surface area contributed by atoms with Gasteiger partial charge in [0.2, 0.25) is 11.8 Å². The van der Waals surface area contributed by atoms with Gasteiger partial charge in [0.1, 0.15) is 42.0 Å². The Morgan fingerprint density at radius 3 is 2.62 bits per heavy atom. The number of benzene rings is 2. The van der Waals surface area contributed by atoms with Gasteiger partial charge in [-0.2, -0.15) is 0 Å². The van der Waals surface area contributed by atoms with Gasteiger partial charge in [0.15, 0.2) is 0 Å². The van der Waals surface area contributed by atoms with Crippen LogP contribution in [0.15, 0.2) is 77.3 Å². The number of carbonyl (C=O) groups is 4. The third-order valence-electron chi connectivity index (χ3n) is 9.47. The number of halogens is 1. The summed E-state index contributed by atoms with van der Waals surface area (Å²) in [6.07, 6.45) is 4.56. The molecule has 0 unspecified atom stereocenters. The van der Waals surface area contributed by atoms with Gasteiger partial charge in [-0.3, -0.25) is 19.2 Å². The van der Waals surface area contributed by atoms with E-state index in [1.165, 1.54) is 4.90 Å². The van der Waals surface area contributed by atoms with Crippen LogP contribution in [0.25, 0.3) is 11.0 Å². The van der Waals surface area contributed by atoms with Crippen LogP contribution in [0.5, 0.6) is 0 Å². The lowest BCUT2D eigenvalue weighted by Gasteiger charge is -2.35. The first-order valence-electron chi connectivity index (χ1n) is 16.0. The van der Waals surface area contributed by atoms with Crippen LogP contribution in [0.2, 0.25) is 0 Å². The number of nitrogens with zero attached hydrogens (tertiary/aromatic N) is 5. The monoisotopic (exact) mass is 718 g/mol. The van der Waals surface area contributed by atoms with E-state index in [-0.39, 0.29) is 51.7 Å². The second-order valence-corrected chi connectivity index (χ2v) is 13.3. The van der Waals surface area contributed by atoms with Crippen molar-refractivity contribution in [3.05, 3.63) is 82.9 Å². The van der Waals surface area contributed by atoms with E-state index in [0.29, 0.717) is 22.0 Å². The zero-order valence-corrected chi connectivity index (χ0v) is 27.6. The second-order valence-electron chi connectivity index (χ2n) is 12.4. The van der Waals surface area contributed by atoms with E-state index in [9.17, 15) is 24.3 Å². The highest BCUT2D eigenvalue weighted by Gasteiger charge is 2.74. The predicted molar refractivity (Wildman–Crippen MR) is 175 cm³/mol. The van der Waals surface area contributed by atoms with Gasteiger partial charge in [-0.15, -0.1) is 5.10 Å². The van der Waals surface area contributed by atoms with Crippen LogP contribution < -0.4 is 5.32 Å². The van der Waals surface area contributed by atoms with Gasteiger partial charge >= 0.3 is 5.97 Å². The Balaban J connectivity index is 1.30. The average Bonchev–Trinajstić information content (AvgIpc) is 3.81. The van der Waals surface area contributed by atoms with Crippen molar-refractivity contribution in [1.29, 1.82) is 0 Å². The minimum atomic E-state index is -1.46. The number of nitrogens with one attached hydrogen (secondary N) is 1. The molecule has 0 saturated carbocycles. The number of hydrogen-bond acceptors (Lipinski definition) is 9. The molecule has 1 aromatic heterocycles. The Hall–Kier alpha value is -4.40. The van der Waals surface area contributed by atoms with Crippen molar-refractivity contribution in [2.24, 2.45) is 11.8 Å². The lowest BCUT2D eigenvalue weighted by molar-refractivity contribution is -0.160. The van der Waals surface area contributed by atoms with Crippen molar-refractivity contribution in [2.45, 2.75) is 49.8 Å². The highest BCUT2D eigenvalue weighted by Crippen LogP contribution is 2.59. The SMILES string of the molecule is O=C1CC/C=C\CN(Cn2nnc3ccccc32)C(=O)[C@H]2N(CCCO)C(=O)[C@@H]3[C@@H](C(=O)O[C@@H](c4ccccc4)CN1)[C@@H]1O[C@@]32C=C1Br. The summed E-state index contributed by atoms with van der Waals surface area (Å²) in [5, 5.41) is 21.1. The molecule has 5 heterocycles. The molecular formula is C34H35BrN6O7. The smallest absolute Gasteiger partial charge is 0.313 e. The lowest BCUT2D eigenvalue weighted by atomic mass is 9.74.